The molecule has 0 aliphatic heterocycles. The van der Waals surface area contributed by atoms with Crippen molar-refractivity contribution in [3.8, 4) is 0 Å². The third kappa shape index (κ3) is 4.74. The van der Waals surface area contributed by atoms with Gasteiger partial charge in [0, 0.05) is 11.0 Å². The Kier molecular flexibility index (Phi) is 6.88. The van der Waals surface area contributed by atoms with Crippen molar-refractivity contribution in [3.05, 3.63) is 0 Å². The lowest BCUT2D eigenvalue weighted by Gasteiger charge is -2.17. The molecule has 1 aliphatic rings. The number of carbonyl (C=O) groups is 1. The molecule has 0 spiro atoms. The van der Waals surface area contributed by atoms with Gasteiger partial charge in [0.2, 0.25) is 0 Å². The molecule has 0 heterocycles. The first-order valence-corrected chi connectivity index (χ1v) is 7.34. The van der Waals surface area contributed by atoms with Gasteiger partial charge in [-0.3, -0.25) is 4.79 Å². The molecule has 0 radical (unpaired) electrons. The number of hydrogen-bond acceptors (Lipinski definition) is 4. The Morgan fingerprint density at radius 3 is 2.69 bits per heavy atom. The van der Waals surface area contributed by atoms with Crippen LogP contribution in [-0.2, 0) is 9.53 Å². The van der Waals surface area contributed by atoms with E-state index < -0.39 is 0 Å². The lowest BCUT2D eigenvalue weighted by molar-refractivity contribution is -0.144. The minimum Gasteiger partial charge on any atom is -0.465 e. The zero-order valence-electron chi connectivity index (χ0n) is 10.3. The molecule has 1 rings (SSSR count). The van der Waals surface area contributed by atoms with Crippen molar-refractivity contribution in [2.24, 2.45) is 0 Å². The van der Waals surface area contributed by atoms with Crippen molar-refractivity contribution >= 4 is 17.7 Å². The molecule has 0 bridgehead atoms. The third-order valence-electron chi connectivity index (χ3n) is 2.82. The van der Waals surface area contributed by atoms with Crippen LogP contribution in [0.5, 0.6) is 0 Å². The Morgan fingerprint density at radius 2 is 2.12 bits per heavy atom. The quantitative estimate of drug-likeness (QED) is 0.698. The van der Waals surface area contributed by atoms with Crippen molar-refractivity contribution in [2.75, 3.05) is 18.9 Å². The normalized spacial score (nSPS) is 18.6. The van der Waals surface area contributed by atoms with Crippen molar-refractivity contribution in [1.82, 2.24) is 5.32 Å². The van der Waals surface area contributed by atoms with Gasteiger partial charge >= 0.3 is 5.97 Å². The highest BCUT2D eigenvalue weighted by Crippen LogP contribution is 2.29. The summed E-state index contributed by atoms with van der Waals surface area (Å²) in [4.78, 5) is 11.6. The van der Waals surface area contributed by atoms with Crippen LogP contribution in [0.2, 0.25) is 0 Å². The second kappa shape index (κ2) is 7.96. The summed E-state index contributed by atoms with van der Waals surface area (Å²) in [6.07, 6.45) is 5.32. The monoisotopic (exact) mass is 245 g/mol. The Labute approximate surface area is 103 Å². The smallest absolute Gasteiger partial charge is 0.323 e. The molecule has 0 saturated heterocycles. The molecule has 1 saturated carbocycles. The van der Waals surface area contributed by atoms with Gasteiger partial charge in [0.15, 0.2) is 0 Å². The molecule has 16 heavy (non-hydrogen) atoms. The fraction of sp³-hybridized carbons (Fsp3) is 0.917. The molecule has 4 heteroatoms. The molecule has 0 amide bonds. The molecular formula is C12H23NO2S. The van der Waals surface area contributed by atoms with Crippen LogP contribution in [0.4, 0.5) is 0 Å². The zero-order valence-corrected chi connectivity index (χ0v) is 11.1. The Balaban J connectivity index is 2.28. The van der Waals surface area contributed by atoms with Gasteiger partial charge in [-0.2, -0.15) is 11.8 Å². The highest BCUT2D eigenvalue weighted by molar-refractivity contribution is 8.00. The number of nitrogens with one attached hydrogen (secondary N) is 1. The number of ether oxygens (including phenoxy) is 1. The average Bonchev–Trinajstić information content (AvgIpc) is 2.77. The van der Waals surface area contributed by atoms with Crippen LogP contribution in [0.1, 0.15) is 39.5 Å². The molecule has 1 unspecified atom stereocenters. The molecule has 1 fully saturated rings. The number of hydrogen-bond donors (Lipinski definition) is 1. The first-order chi connectivity index (χ1) is 7.77. The van der Waals surface area contributed by atoms with E-state index in [0.717, 1.165) is 17.5 Å². The van der Waals surface area contributed by atoms with Gasteiger partial charge in [-0.25, -0.2) is 0 Å². The summed E-state index contributed by atoms with van der Waals surface area (Å²) in [5, 5.41) is 3.96. The van der Waals surface area contributed by atoms with E-state index in [9.17, 15) is 4.79 Å². The minimum atomic E-state index is -0.129. The fourth-order valence-corrected chi connectivity index (χ4v) is 3.37. The zero-order chi connectivity index (χ0) is 11.8. The number of thioether (sulfide) groups is 1. The van der Waals surface area contributed by atoms with Gasteiger partial charge < -0.3 is 10.1 Å². The lowest BCUT2D eigenvalue weighted by atomic mass is 10.3. The van der Waals surface area contributed by atoms with E-state index in [-0.39, 0.29) is 12.0 Å². The Bertz CT molecular complexity index is 205. The molecule has 3 nitrogen and oxygen atoms in total. The van der Waals surface area contributed by atoms with Crippen molar-refractivity contribution in [3.63, 3.8) is 0 Å². The van der Waals surface area contributed by atoms with Gasteiger partial charge in [0.05, 0.1) is 6.61 Å². The number of rotatable bonds is 7. The van der Waals surface area contributed by atoms with Crippen LogP contribution in [0.3, 0.4) is 0 Å². The van der Waals surface area contributed by atoms with Crippen LogP contribution >= 0.6 is 11.8 Å². The summed E-state index contributed by atoms with van der Waals surface area (Å²) in [5.74, 6) is 0.743. The van der Waals surface area contributed by atoms with Crippen molar-refractivity contribution in [2.45, 2.75) is 50.8 Å². The predicted molar refractivity (Wildman–Crippen MR) is 68.8 cm³/mol. The average molecular weight is 245 g/mol. The summed E-state index contributed by atoms with van der Waals surface area (Å²) in [6, 6.07) is -0.129. The highest BCUT2D eigenvalue weighted by Gasteiger charge is 2.22. The predicted octanol–water partition coefficient (Wildman–Crippen LogP) is 2.20. The molecular weight excluding hydrogens is 222 g/mol. The van der Waals surface area contributed by atoms with E-state index in [4.69, 9.17) is 4.74 Å². The first-order valence-electron chi connectivity index (χ1n) is 6.29. The largest absolute Gasteiger partial charge is 0.465 e. The summed E-state index contributed by atoms with van der Waals surface area (Å²) in [6.45, 7) is 5.15. The van der Waals surface area contributed by atoms with Gasteiger partial charge in [-0.1, -0.05) is 19.8 Å². The van der Waals surface area contributed by atoms with Gasteiger partial charge in [0.1, 0.15) is 6.04 Å². The molecule has 94 valence electrons. The maximum Gasteiger partial charge on any atom is 0.323 e. The van der Waals surface area contributed by atoms with Crippen LogP contribution in [0, 0.1) is 0 Å². The molecule has 0 aromatic rings. The standard InChI is InChI=1S/C12H23NO2S/c1-3-13-11(12(14)15-4-2)9-16-10-7-5-6-8-10/h10-11,13H,3-9H2,1-2H3. The van der Waals surface area contributed by atoms with Gasteiger partial charge in [0.25, 0.3) is 0 Å². The Morgan fingerprint density at radius 1 is 1.44 bits per heavy atom. The van der Waals surface area contributed by atoms with E-state index >= 15 is 0 Å². The van der Waals surface area contributed by atoms with Crippen LogP contribution in [0.25, 0.3) is 0 Å². The van der Waals surface area contributed by atoms with Crippen LogP contribution in [-0.4, -0.2) is 36.2 Å². The third-order valence-corrected chi connectivity index (χ3v) is 4.29. The molecule has 1 N–H and O–H groups in total. The van der Waals surface area contributed by atoms with Gasteiger partial charge in [-0.05, 0) is 26.3 Å². The summed E-state index contributed by atoms with van der Waals surface area (Å²) in [5.41, 5.74) is 0. The van der Waals surface area contributed by atoms with Crippen molar-refractivity contribution < 1.29 is 9.53 Å². The fourth-order valence-electron chi connectivity index (χ4n) is 1.99. The summed E-state index contributed by atoms with van der Waals surface area (Å²) < 4.78 is 5.06. The summed E-state index contributed by atoms with van der Waals surface area (Å²) in [7, 11) is 0. The number of carbonyl (C=O) groups excluding carboxylic acids is 1. The minimum absolute atomic E-state index is 0.102. The molecule has 1 aliphatic carbocycles. The molecule has 0 aromatic carbocycles. The van der Waals surface area contributed by atoms with E-state index in [1.165, 1.54) is 25.7 Å². The van der Waals surface area contributed by atoms with Crippen LogP contribution in [0.15, 0.2) is 0 Å². The van der Waals surface area contributed by atoms with E-state index in [0.29, 0.717) is 6.61 Å². The Hall–Kier alpha value is -0.220. The second-order valence-electron chi connectivity index (χ2n) is 4.10. The van der Waals surface area contributed by atoms with Crippen LogP contribution < -0.4 is 5.32 Å². The van der Waals surface area contributed by atoms with Crippen molar-refractivity contribution in [1.29, 1.82) is 0 Å². The van der Waals surface area contributed by atoms with E-state index in [2.05, 4.69) is 5.32 Å². The summed E-state index contributed by atoms with van der Waals surface area (Å²) >= 11 is 1.92. The number of likely N-dealkylation sites (N-methyl/N-ethyl adjacent to an activating group) is 1. The molecule has 0 aromatic heterocycles. The van der Waals surface area contributed by atoms with E-state index in [1.54, 1.807) is 0 Å². The highest BCUT2D eigenvalue weighted by atomic mass is 32.2. The molecule has 1 atom stereocenters. The topological polar surface area (TPSA) is 38.3 Å². The maximum absolute atomic E-state index is 11.6. The number of esters is 1. The second-order valence-corrected chi connectivity index (χ2v) is 5.44. The maximum atomic E-state index is 11.6. The lowest BCUT2D eigenvalue weighted by Crippen LogP contribution is -2.40. The van der Waals surface area contributed by atoms with E-state index in [1.807, 2.05) is 25.6 Å². The SMILES string of the molecule is CCNC(CSC1CCCC1)C(=O)OCC. The first kappa shape index (κ1) is 13.8. The van der Waals surface area contributed by atoms with Gasteiger partial charge in [-0.15, -0.1) is 0 Å².